The van der Waals surface area contributed by atoms with Gasteiger partial charge in [0.05, 0.1) is 25.4 Å². The second-order valence-electron chi connectivity index (χ2n) is 19.6. The van der Waals surface area contributed by atoms with Gasteiger partial charge in [0.25, 0.3) is 0 Å². The van der Waals surface area contributed by atoms with E-state index in [9.17, 15) is 19.8 Å². The van der Waals surface area contributed by atoms with Gasteiger partial charge in [-0.25, -0.2) is 0 Å². The highest BCUT2D eigenvalue weighted by molar-refractivity contribution is 5.76. The van der Waals surface area contributed by atoms with Crippen LogP contribution in [-0.4, -0.2) is 47.4 Å². The van der Waals surface area contributed by atoms with Gasteiger partial charge >= 0.3 is 5.97 Å². The lowest BCUT2D eigenvalue weighted by atomic mass is 10.0. The standard InChI is InChI=1S/C58H111NO5/c1-3-5-7-9-11-13-15-17-19-21-22-24-25-27-30-34-38-42-46-50-56(61)55(54-60)59-57(62)51-47-43-39-35-31-29-33-37-41-45-49-53-64-58(63)52-48-44-40-36-32-28-26-23-20-18-16-14-12-10-8-6-4-2/h18,20,33,37,55-56,60-61H,3-17,19,21-32,34-36,38-54H2,1-2H3,(H,59,62)/b20-18-,37-33-. The lowest BCUT2D eigenvalue weighted by molar-refractivity contribution is -0.143. The van der Waals surface area contributed by atoms with E-state index in [0.29, 0.717) is 25.9 Å². The van der Waals surface area contributed by atoms with Gasteiger partial charge in [0.1, 0.15) is 0 Å². The topological polar surface area (TPSA) is 95.9 Å². The van der Waals surface area contributed by atoms with Crippen LogP contribution in [0.3, 0.4) is 0 Å². The van der Waals surface area contributed by atoms with Crippen LogP contribution in [0.5, 0.6) is 0 Å². The lowest BCUT2D eigenvalue weighted by Crippen LogP contribution is -2.45. The van der Waals surface area contributed by atoms with E-state index in [1.807, 2.05) is 0 Å². The van der Waals surface area contributed by atoms with Crippen molar-refractivity contribution < 1.29 is 24.5 Å². The monoisotopic (exact) mass is 902 g/mol. The predicted octanol–water partition coefficient (Wildman–Crippen LogP) is 17.5. The van der Waals surface area contributed by atoms with Crippen molar-refractivity contribution in [3.8, 4) is 0 Å². The summed E-state index contributed by atoms with van der Waals surface area (Å²) in [7, 11) is 0. The molecule has 1 amide bonds. The molecule has 0 aromatic heterocycles. The van der Waals surface area contributed by atoms with Gasteiger partial charge in [0, 0.05) is 12.8 Å². The number of rotatable bonds is 53. The van der Waals surface area contributed by atoms with Gasteiger partial charge < -0.3 is 20.3 Å². The summed E-state index contributed by atoms with van der Waals surface area (Å²) in [6, 6.07) is -0.563. The summed E-state index contributed by atoms with van der Waals surface area (Å²) in [5.41, 5.74) is 0. The summed E-state index contributed by atoms with van der Waals surface area (Å²) in [5.74, 6) is -0.0959. The molecule has 0 bridgehead atoms. The van der Waals surface area contributed by atoms with Crippen molar-refractivity contribution in [3.63, 3.8) is 0 Å². The number of hydrogen-bond acceptors (Lipinski definition) is 5. The molecule has 6 heteroatoms. The Bertz CT molecular complexity index is 997. The molecule has 2 atom stereocenters. The number of nitrogens with one attached hydrogen (secondary N) is 1. The number of allylic oxidation sites excluding steroid dienone is 4. The fourth-order valence-corrected chi connectivity index (χ4v) is 8.81. The second-order valence-corrected chi connectivity index (χ2v) is 19.6. The van der Waals surface area contributed by atoms with E-state index in [4.69, 9.17) is 4.74 Å². The van der Waals surface area contributed by atoms with E-state index < -0.39 is 12.1 Å². The maximum Gasteiger partial charge on any atom is 0.305 e. The summed E-state index contributed by atoms with van der Waals surface area (Å²) >= 11 is 0. The van der Waals surface area contributed by atoms with E-state index in [1.54, 1.807) is 0 Å². The van der Waals surface area contributed by atoms with Crippen LogP contribution in [0.25, 0.3) is 0 Å². The number of carbonyl (C=O) groups excluding carboxylic acids is 2. The summed E-state index contributed by atoms with van der Waals surface area (Å²) in [6.45, 7) is 4.89. The summed E-state index contributed by atoms with van der Waals surface area (Å²) < 4.78 is 5.45. The first kappa shape index (κ1) is 62.3. The molecule has 0 fully saturated rings. The highest BCUT2D eigenvalue weighted by atomic mass is 16.5. The molecule has 0 aromatic carbocycles. The number of carbonyl (C=O) groups is 2. The molecule has 0 aliphatic carbocycles. The number of amides is 1. The first-order valence-electron chi connectivity index (χ1n) is 28.6. The number of esters is 1. The Hall–Kier alpha value is -1.66. The van der Waals surface area contributed by atoms with Crippen LogP contribution in [0.1, 0.15) is 309 Å². The minimum absolute atomic E-state index is 0.0339. The molecule has 0 saturated carbocycles. The average molecular weight is 903 g/mol. The van der Waals surface area contributed by atoms with Crippen LogP contribution >= 0.6 is 0 Å². The third-order valence-electron chi connectivity index (χ3n) is 13.2. The van der Waals surface area contributed by atoms with Crippen molar-refractivity contribution >= 4 is 11.9 Å². The van der Waals surface area contributed by atoms with Gasteiger partial charge in [0.2, 0.25) is 5.91 Å². The smallest absolute Gasteiger partial charge is 0.305 e. The highest BCUT2D eigenvalue weighted by Gasteiger charge is 2.20. The molecule has 0 saturated heterocycles. The molecule has 64 heavy (non-hydrogen) atoms. The molecule has 0 aromatic rings. The van der Waals surface area contributed by atoms with Gasteiger partial charge in [-0.1, -0.05) is 244 Å². The Balaban J connectivity index is 3.50. The van der Waals surface area contributed by atoms with Gasteiger partial charge in [-0.15, -0.1) is 0 Å². The van der Waals surface area contributed by atoms with Gasteiger partial charge in [-0.2, -0.15) is 0 Å². The van der Waals surface area contributed by atoms with E-state index in [-0.39, 0.29) is 18.5 Å². The predicted molar refractivity (Wildman–Crippen MR) is 278 cm³/mol. The Morgan fingerprint density at radius 3 is 1.11 bits per heavy atom. The highest BCUT2D eigenvalue weighted by Crippen LogP contribution is 2.17. The zero-order chi connectivity index (χ0) is 46.5. The Morgan fingerprint density at radius 1 is 0.422 bits per heavy atom. The van der Waals surface area contributed by atoms with Gasteiger partial charge in [-0.05, 0) is 77.0 Å². The molecule has 0 rings (SSSR count). The number of hydrogen-bond donors (Lipinski definition) is 3. The Kier molecular flexibility index (Phi) is 52.6. The lowest BCUT2D eigenvalue weighted by Gasteiger charge is -2.22. The molecular formula is C58H111NO5. The van der Waals surface area contributed by atoms with Crippen LogP contribution in [0.2, 0.25) is 0 Å². The van der Waals surface area contributed by atoms with E-state index in [1.165, 1.54) is 193 Å². The molecule has 0 aliphatic heterocycles. The largest absolute Gasteiger partial charge is 0.466 e. The van der Waals surface area contributed by atoms with Crippen molar-refractivity contribution in [1.82, 2.24) is 5.32 Å². The van der Waals surface area contributed by atoms with Gasteiger partial charge in [-0.3, -0.25) is 9.59 Å². The molecule has 6 nitrogen and oxygen atoms in total. The molecule has 0 aliphatic rings. The third-order valence-corrected chi connectivity index (χ3v) is 13.2. The van der Waals surface area contributed by atoms with E-state index in [2.05, 4.69) is 43.5 Å². The van der Waals surface area contributed by atoms with Crippen LogP contribution < -0.4 is 5.32 Å². The molecule has 0 heterocycles. The summed E-state index contributed by atoms with van der Waals surface area (Å²) in [4.78, 5) is 24.5. The Morgan fingerprint density at radius 2 is 0.734 bits per heavy atom. The van der Waals surface area contributed by atoms with Crippen LogP contribution in [-0.2, 0) is 14.3 Å². The average Bonchev–Trinajstić information content (AvgIpc) is 3.29. The van der Waals surface area contributed by atoms with Gasteiger partial charge in [0.15, 0.2) is 0 Å². The van der Waals surface area contributed by atoms with Crippen molar-refractivity contribution in [2.75, 3.05) is 13.2 Å². The SMILES string of the molecule is CCCCCCCC/C=C\CCCCCCCCCC(=O)OCCCC/C=C\CCCCCCCC(=O)NC(CO)C(O)CCCCCCCCCCCCCCCCCCCCC. The molecule has 0 spiro atoms. The fraction of sp³-hybridized carbons (Fsp3) is 0.897. The van der Waals surface area contributed by atoms with Crippen molar-refractivity contribution in [2.24, 2.45) is 0 Å². The fourth-order valence-electron chi connectivity index (χ4n) is 8.81. The van der Waals surface area contributed by atoms with Crippen LogP contribution in [0.15, 0.2) is 24.3 Å². The number of ether oxygens (including phenoxy) is 1. The molecule has 3 N–H and O–H groups in total. The number of aliphatic hydroxyl groups excluding tert-OH is 2. The van der Waals surface area contributed by atoms with E-state index >= 15 is 0 Å². The molecular weight excluding hydrogens is 791 g/mol. The van der Waals surface area contributed by atoms with E-state index in [0.717, 1.165) is 83.5 Å². The number of unbranched alkanes of at least 4 members (excludes halogenated alkanes) is 38. The zero-order valence-electron chi connectivity index (χ0n) is 43.0. The Labute approximate surface area is 399 Å². The number of aliphatic hydroxyl groups is 2. The van der Waals surface area contributed by atoms with Crippen molar-refractivity contribution in [1.29, 1.82) is 0 Å². The molecule has 378 valence electrons. The van der Waals surface area contributed by atoms with Crippen LogP contribution in [0, 0.1) is 0 Å². The first-order chi connectivity index (χ1) is 31.5. The summed E-state index contributed by atoms with van der Waals surface area (Å²) in [5, 5.41) is 23.3. The third kappa shape index (κ3) is 49.8. The first-order valence-corrected chi connectivity index (χ1v) is 28.6. The molecule has 0 radical (unpaired) electrons. The minimum atomic E-state index is -0.683. The second kappa shape index (κ2) is 54.0. The maximum absolute atomic E-state index is 12.5. The van der Waals surface area contributed by atoms with Crippen molar-refractivity contribution in [2.45, 2.75) is 321 Å². The maximum atomic E-state index is 12.5. The minimum Gasteiger partial charge on any atom is -0.466 e. The normalized spacial score (nSPS) is 12.8. The molecule has 2 unspecified atom stereocenters. The zero-order valence-corrected chi connectivity index (χ0v) is 43.0. The summed E-state index contributed by atoms with van der Waals surface area (Å²) in [6.07, 6.45) is 64.5. The quantitative estimate of drug-likeness (QED) is 0.0321. The van der Waals surface area contributed by atoms with Crippen LogP contribution in [0.4, 0.5) is 0 Å². The van der Waals surface area contributed by atoms with Crippen molar-refractivity contribution in [3.05, 3.63) is 24.3 Å².